The maximum absolute atomic E-state index is 12.3. The molecule has 0 spiro atoms. The molecule has 1 unspecified atom stereocenters. The first-order chi connectivity index (χ1) is 6.89. The van der Waals surface area contributed by atoms with Gasteiger partial charge in [-0.2, -0.15) is 0 Å². The molecular weight excluding hydrogens is 245 g/mol. The van der Waals surface area contributed by atoms with Crippen LogP contribution in [-0.2, 0) is 4.74 Å². The van der Waals surface area contributed by atoms with Gasteiger partial charge in [-0.3, -0.25) is 4.90 Å². The summed E-state index contributed by atoms with van der Waals surface area (Å²) in [7, 11) is 0. The summed E-state index contributed by atoms with van der Waals surface area (Å²) in [5.41, 5.74) is -0.621. The van der Waals surface area contributed by atoms with Crippen LogP contribution in [-0.4, -0.2) is 44.2 Å². The standard InChI is InChI=1S/C9H16BF3NO.K/c1-8(10(11,12)13)6-14-4-3-5-15-9(2)7-14;/h9H,1,3-7H2,2H3;/q-1;+1. The zero-order valence-corrected chi connectivity index (χ0v) is 13.0. The van der Waals surface area contributed by atoms with E-state index in [-0.39, 0.29) is 64.0 Å². The van der Waals surface area contributed by atoms with Crippen LogP contribution in [0.2, 0.25) is 0 Å². The van der Waals surface area contributed by atoms with E-state index in [1.807, 2.05) is 6.92 Å². The topological polar surface area (TPSA) is 12.5 Å². The van der Waals surface area contributed by atoms with Crippen LogP contribution >= 0.6 is 0 Å². The van der Waals surface area contributed by atoms with Gasteiger partial charge in [0, 0.05) is 19.7 Å². The van der Waals surface area contributed by atoms with E-state index in [1.165, 1.54) is 0 Å². The number of nitrogens with zero attached hydrogens (tertiary/aromatic N) is 1. The van der Waals surface area contributed by atoms with Gasteiger partial charge in [0.15, 0.2) is 0 Å². The smallest absolute Gasteiger partial charge is 0.445 e. The molecule has 0 aromatic heterocycles. The Morgan fingerprint density at radius 1 is 1.50 bits per heavy atom. The first-order valence-electron chi connectivity index (χ1n) is 5.11. The fourth-order valence-electron chi connectivity index (χ4n) is 1.61. The molecule has 1 rings (SSSR count). The third-order valence-corrected chi connectivity index (χ3v) is 2.43. The fraction of sp³-hybridized carbons (Fsp3) is 0.778. The Morgan fingerprint density at radius 2 is 2.12 bits per heavy atom. The average molecular weight is 261 g/mol. The molecule has 1 heterocycles. The predicted octanol–water partition coefficient (Wildman–Crippen LogP) is -0.956. The van der Waals surface area contributed by atoms with Crippen molar-refractivity contribution in [1.82, 2.24) is 4.90 Å². The zero-order chi connectivity index (χ0) is 11.5. The molecule has 0 amide bonds. The van der Waals surface area contributed by atoms with E-state index >= 15 is 0 Å². The van der Waals surface area contributed by atoms with E-state index in [2.05, 4.69) is 6.58 Å². The van der Waals surface area contributed by atoms with Gasteiger partial charge in [0.1, 0.15) is 0 Å². The van der Waals surface area contributed by atoms with Gasteiger partial charge in [-0.1, -0.05) is 0 Å². The summed E-state index contributed by atoms with van der Waals surface area (Å²) < 4.78 is 42.3. The van der Waals surface area contributed by atoms with Gasteiger partial charge in [-0.25, -0.2) is 0 Å². The van der Waals surface area contributed by atoms with E-state index in [0.717, 1.165) is 6.42 Å². The molecule has 0 radical (unpaired) electrons. The van der Waals surface area contributed by atoms with Gasteiger partial charge in [0.25, 0.3) is 0 Å². The maximum Gasteiger partial charge on any atom is 1.00 e. The van der Waals surface area contributed by atoms with Gasteiger partial charge >= 0.3 is 58.4 Å². The van der Waals surface area contributed by atoms with Crippen molar-refractivity contribution in [2.45, 2.75) is 19.4 Å². The number of ether oxygens (including phenoxy) is 1. The molecule has 0 aromatic carbocycles. The first kappa shape index (κ1) is 17.2. The Morgan fingerprint density at radius 3 is 2.69 bits per heavy atom. The van der Waals surface area contributed by atoms with Crippen molar-refractivity contribution in [1.29, 1.82) is 0 Å². The minimum atomic E-state index is -4.90. The van der Waals surface area contributed by atoms with Crippen molar-refractivity contribution in [2.75, 3.05) is 26.2 Å². The van der Waals surface area contributed by atoms with Crippen LogP contribution in [0.25, 0.3) is 0 Å². The molecule has 88 valence electrons. The molecule has 16 heavy (non-hydrogen) atoms. The van der Waals surface area contributed by atoms with E-state index < -0.39 is 12.4 Å². The number of rotatable bonds is 3. The average Bonchev–Trinajstić information content (AvgIpc) is 2.28. The maximum atomic E-state index is 12.3. The molecule has 2 nitrogen and oxygen atoms in total. The third kappa shape index (κ3) is 6.18. The second-order valence-corrected chi connectivity index (χ2v) is 4.00. The molecule has 1 aliphatic heterocycles. The fourth-order valence-corrected chi connectivity index (χ4v) is 1.61. The van der Waals surface area contributed by atoms with Crippen LogP contribution < -0.4 is 51.4 Å². The minimum Gasteiger partial charge on any atom is -0.445 e. The van der Waals surface area contributed by atoms with Crippen molar-refractivity contribution in [3.05, 3.63) is 12.1 Å². The second-order valence-electron chi connectivity index (χ2n) is 4.00. The van der Waals surface area contributed by atoms with Crippen molar-refractivity contribution in [2.24, 2.45) is 0 Å². The minimum absolute atomic E-state index is 0. The van der Waals surface area contributed by atoms with Gasteiger partial charge < -0.3 is 17.7 Å². The molecule has 0 N–H and O–H groups in total. The molecule has 0 bridgehead atoms. The third-order valence-electron chi connectivity index (χ3n) is 2.43. The van der Waals surface area contributed by atoms with Crippen molar-refractivity contribution in [3.8, 4) is 0 Å². The second kappa shape index (κ2) is 7.56. The van der Waals surface area contributed by atoms with Crippen LogP contribution in [0.4, 0.5) is 12.9 Å². The van der Waals surface area contributed by atoms with Crippen LogP contribution in [0.15, 0.2) is 12.1 Å². The number of hydrogen-bond acceptors (Lipinski definition) is 2. The number of halogens is 3. The van der Waals surface area contributed by atoms with Crippen LogP contribution in [0.3, 0.4) is 0 Å². The van der Waals surface area contributed by atoms with E-state index in [1.54, 1.807) is 4.90 Å². The first-order valence-corrected chi connectivity index (χ1v) is 5.11. The molecule has 1 aliphatic rings. The monoisotopic (exact) mass is 261 g/mol. The summed E-state index contributed by atoms with van der Waals surface area (Å²) in [5, 5.41) is 0. The Balaban J connectivity index is 0.00000225. The van der Waals surface area contributed by atoms with Gasteiger partial charge in [-0.15, -0.1) is 12.1 Å². The van der Waals surface area contributed by atoms with Crippen molar-refractivity contribution >= 4 is 6.98 Å². The predicted molar refractivity (Wildman–Crippen MR) is 54.7 cm³/mol. The van der Waals surface area contributed by atoms with Gasteiger partial charge in [0.05, 0.1) is 6.10 Å². The normalized spacial score (nSPS) is 23.4. The summed E-state index contributed by atoms with van der Waals surface area (Å²) in [4.78, 5) is 1.76. The van der Waals surface area contributed by atoms with Gasteiger partial charge in [-0.05, 0) is 19.9 Å². The van der Waals surface area contributed by atoms with Crippen LogP contribution in [0.5, 0.6) is 0 Å². The summed E-state index contributed by atoms with van der Waals surface area (Å²) in [6, 6.07) is 0. The summed E-state index contributed by atoms with van der Waals surface area (Å²) in [6.07, 6.45) is 0.781. The number of hydrogen-bond donors (Lipinski definition) is 0. The Kier molecular flexibility index (Phi) is 8.10. The molecule has 0 saturated carbocycles. The Hall–Kier alpha value is 1.15. The van der Waals surface area contributed by atoms with Crippen molar-refractivity contribution < 1.29 is 69.1 Å². The molecule has 7 heteroatoms. The van der Waals surface area contributed by atoms with Crippen LogP contribution in [0, 0.1) is 0 Å². The van der Waals surface area contributed by atoms with Gasteiger partial charge in [0.2, 0.25) is 0 Å². The van der Waals surface area contributed by atoms with E-state index in [9.17, 15) is 12.9 Å². The Labute approximate surface area is 137 Å². The molecule has 0 aliphatic carbocycles. The van der Waals surface area contributed by atoms with E-state index in [4.69, 9.17) is 4.74 Å². The van der Waals surface area contributed by atoms with Crippen LogP contribution in [0.1, 0.15) is 13.3 Å². The molecule has 0 aromatic rings. The zero-order valence-electron chi connectivity index (χ0n) is 9.89. The largest absolute Gasteiger partial charge is 1.00 e. The Bertz CT molecular complexity index is 237. The molecule has 1 saturated heterocycles. The summed E-state index contributed by atoms with van der Waals surface area (Å²) in [5.74, 6) is 0. The van der Waals surface area contributed by atoms with Crippen molar-refractivity contribution in [3.63, 3.8) is 0 Å². The molecule has 1 atom stereocenters. The summed E-state index contributed by atoms with van der Waals surface area (Å²) >= 11 is 0. The molecule has 1 fully saturated rings. The SMILES string of the molecule is C=C(CN1CCCOC(C)C1)[B-](F)(F)F.[K+]. The summed E-state index contributed by atoms with van der Waals surface area (Å²) in [6.45, 7) is 1.80. The molecular formula is C9H16BF3KNO. The van der Waals surface area contributed by atoms with E-state index in [0.29, 0.717) is 19.7 Å². The quantitative estimate of drug-likeness (QED) is 0.607.